The number of benzene rings is 1. The van der Waals surface area contributed by atoms with Crippen molar-refractivity contribution in [3.8, 4) is 11.3 Å². The van der Waals surface area contributed by atoms with Crippen molar-refractivity contribution in [2.75, 3.05) is 0 Å². The van der Waals surface area contributed by atoms with Gasteiger partial charge in [0.15, 0.2) is 0 Å². The lowest BCUT2D eigenvalue weighted by molar-refractivity contribution is 1.42. The second-order valence-corrected chi connectivity index (χ2v) is 3.74. The molecule has 13 heavy (non-hydrogen) atoms. The van der Waals surface area contributed by atoms with E-state index in [4.69, 9.17) is 0 Å². The fraction of sp³-hybridized carbons (Fsp3) is 0.111. The first-order chi connectivity index (χ1) is 6.40. The van der Waals surface area contributed by atoms with Gasteiger partial charge in [0.2, 0.25) is 0 Å². The molecule has 0 fully saturated rings. The van der Waals surface area contributed by atoms with E-state index in [-0.39, 0.29) is 0 Å². The molecule has 0 atom stereocenters. The molecule has 0 spiro atoms. The number of hydrogen-bond donors (Lipinski definition) is 0. The predicted molar refractivity (Wildman–Crippen MR) is 58.0 cm³/mol. The van der Waals surface area contributed by atoms with E-state index in [9.17, 15) is 0 Å². The minimum Gasteiger partial charge on any atom is -0.181 e. The zero-order valence-corrected chi connectivity index (χ0v) is 9.18. The monoisotopic (exact) mass is 254 g/mol. The molecule has 0 N–H and O–H groups in total. The Morgan fingerprint density at radius 3 is 2.54 bits per heavy atom. The van der Waals surface area contributed by atoms with Crippen LogP contribution in [0.4, 0.5) is 0 Å². The molecule has 4 heteroatoms. The summed E-state index contributed by atoms with van der Waals surface area (Å²) in [5.41, 5.74) is 3.34. The lowest BCUT2D eigenvalue weighted by Crippen LogP contribution is -1.79. The van der Waals surface area contributed by atoms with Crippen LogP contribution in [-0.4, -0.2) is 8.75 Å². The summed E-state index contributed by atoms with van der Waals surface area (Å²) < 4.78 is 8.12. The Hall–Kier alpha value is -0.740. The van der Waals surface area contributed by atoms with Crippen molar-refractivity contribution < 1.29 is 0 Å². The quantitative estimate of drug-likeness (QED) is 0.770. The van der Waals surface area contributed by atoms with Gasteiger partial charge in [0, 0.05) is 10.9 Å². The Bertz CT molecular complexity index is 369. The van der Waals surface area contributed by atoms with Crippen LogP contribution in [0, 0.1) is 0 Å². The lowest BCUT2D eigenvalue weighted by Gasteiger charge is -1.97. The van der Waals surface area contributed by atoms with Crippen LogP contribution < -0.4 is 0 Å². The van der Waals surface area contributed by atoms with Crippen molar-refractivity contribution in [1.29, 1.82) is 0 Å². The molecular weight excluding hydrogens is 248 g/mol. The summed E-state index contributed by atoms with van der Waals surface area (Å²) in [6.45, 7) is 0. The van der Waals surface area contributed by atoms with Crippen LogP contribution in [0.15, 0.2) is 30.5 Å². The molecule has 66 valence electrons. The third-order valence-corrected chi connectivity index (χ3v) is 2.89. The number of halogens is 1. The van der Waals surface area contributed by atoms with Gasteiger partial charge in [0.05, 0.1) is 17.9 Å². The van der Waals surface area contributed by atoms with Gasteiger partial charge in [-0.15, -0.1) is 0 Å². The molecule has 1 heterocycles. The number of rotatable bonds is 2. The first kappa shape index (κ1) is 8.84. The third-order valence-electron chi connectivity index (χ3n) is 1.77. The maximum atomic E-state index is 4.16. The Morgan fingerprint density at radius 2 is 2.00 bits per heavy atom. The van der Waals surface area contributed by atoms with Crippen LogP contribution in [0.3, 0.4) is 0 Å². The Balaban J connectivity index is 2.33. The molecule has 1 aromatic heterocycles. The highest BCUT2D eigenvalue weighted by atomic mass is 79.9. The van der Waals surface area contributed by atoms with Gasteiger partial charge in [0.25, 0.3) is 0 Å². The molecule has 0 saturated carbocycles. The highest BCUT2D eigenvalue weighted by Crippen LogP contribution is 2.18. The smallest absolute Gasteiger partial charge is 0.104 e. The van der Waals surface area contributed by atoms with Crippen LogP contribution >= 0.6 is 27.7 Å². The maximum Gasteiger partial charge on any atom is 0.104 e. The van der Waals surface area contributed by atoms with Crippen molar-refractivity contribution in [3.05, 3.63) is 36.0 Å². The summed E-state index contributed by atoms with van der Waals surface area (Å²) in [4.78, 5) is 0. The van der Waals surface area contributed by atoms with Crippen molar-refractivity contribution in [2.24, 2.45) is 0 Å². The van der Waals surface area contributed by atoms with Gasteiger partial charge in [-0.3, -0.25) is 0 Å². The SMILES string of the molecule is BrCc1ccc(-c2cnsn2)cc1. The van der Waals surface area contributed by atoms with E-state index in [2.05, 4.69) is 48.9 Å². The van der Waals surface area contributed by atoms with Crippen LogP contribution in [0.2, 0.25) is 0 Å². The maximum absolute atomic E-state index is 4.16. The largest absolute Gasteiger partial charge is 0.181 e. The Kier molecular flexibility index (Phi) is 2.71. The molecule has 2 nitrogen and oxygen atoms in total. The van der Waals surface area contributed by atoms with Gasteiger partial charge < -0.3 is 0 Å². The summed E-state index contributed by atoms with van der Waals surface area (Å²) in [5, 5.41) is 0.891. The minimum atomic E-state index is 0.891. The van der Waals surface area contributed by atoms with Crippen molar-refractivity contribution >= 4 is 27.7 Å². The summed E-state index contributed by atoms with van der Waals surface area (Å²) >= 11 is 4.64. The first-order valence-electron chi connectivity index (χ1n) is 3.83. The molecule has 0 bridgehead atoms. The standard InChI is InChI=1S/C9H7BrN2S/c10-5-7-1-3-8(4-2-7)9-6-11-13-12-9/h1-4,6H,5H2. The molecular formula is C9H7BrN2S. The van der Waals surface area contributed by atoms with Gasteiger partial charge in [-0.05, 0) is 5.56 Å². The van der Waals surface area contributed by atoms with Gasteiger partial charge >= 0.3 is 0 Å². The molecule has 0 aliphatic rings. The topological polar surface area (TPSA) is 25.8 Å². The fourth-order valence-electron chi connectivity index (χ4n) is 1.06. The van der Waals surface area contributed by atoms with Gasteiger partial charge in [-0.2, -0.15) is 8.75 Å². The average Bonchev–Trinajstić information content (AvgIpc) is 2.71. The zero-order valence-electron chi connectivity index (χ0n) is 6.77. The Morgan fingerprint density at radius 1 is 1.23 bits per heavy atom. The summed E-state index contributed by atoms with van der Waals surface area (Å²) in [7, 11) is 0. The zero-order chi connectivity index (χ0) is 9.10. The van der Waals surface area contributed by atoms with Crippen LogP contribution in [0.25, 0.3) is 11.3 Å². The molecule has 1 aromatic carbocycles. The number of nitrogens with zero attached hydrogens (tertiary/aromatic N) is 2. The normalized spacial score (nSPS) is 10.2. The molecule has 0 amide bonds. The van der Waals surface area contributed by atoms with E-state index >= 15 is 0 Å². The Labute approximate surface area is 89.1 Å². The lowest BCUT2D eigenvalue weighted by atomic mass is 10.1. The van der Waals surface area contributed by atoms with Gasteiger partial charge in [-0.25, -0.2) is 0 Å². The predicted octanol–water partition coefficient (Wildman–Crippen LogP) is 3.10. The first-order valence-corrected chi connectivity index (χ1v) is 5.68. The second-order valence-electron chi connectivity index (χ2n) is 2.62. The van der Waals surface area contributed by atoms with Crippen LogP contribution in [0.5, 0.6) is 0 Å². The number of aromatic nitrogens is 2. The van der Waals surface area contributed by atoms with Crippen molar-refractivity contribution in [1.82, 2.24) is 8.75 Å². The molecule has 0 radical (unpaired) electrons. The third kappa shape index (κ3) is 1.95. The minimum absolute atomic E-state index is 0.891. The van der Waals surface area contributed by atoms with Crippen molar-refractivity contribution in [3.63, 3.8) is 0 Å². The van der Waals surface area contributed by atoms with E-state index in [0.29, 0.717) is 0 Å². The number of alkyl halides is 1. The molecule has 2 rings (SSSR count). The van der Waals surface area contributed by atoms with E-state index < -0.39 is 0 Å². The van der Waals surface area contributed by atoms with Gasteiger partial charge in [0.1, 0.15) is 5.69 Å². The molecule has 0 aliphatic heterocycles. The second kappa shape index (κ2) is 3.98. The van der Waals surface area contributed by atoms with Crippen LogP contribution in [-0.2, 0) is 5.33 Å². The van der Waals surface area contributed by atoms with E-state index in [1.807, 2.05) is 0 Å². The van der Waals surface area contributed by atoms with E-state index in [0.717, 1.165) is 16.6 Å². The average molecular weight is 255 g/mol. The summed E-state index contributed by atoms with van der Waals surface area (Å²) in [6, 6.07) is 8.30. The van der Waals surface area contributed by atoms with Crippen LogP contribution in [0.1, 0.15) is 5.56 Å². The molecule has 2 aromatic rings. The fourth-order valence-corrected chi connectivity index (χ4v) is 1.86. The highest BCUT2D eigenvalue weighted by molar-refractivity contribution is 9.08. The summed E-state index contributed by atoms with van der Waals surface area (Å²) in [5.74, 6) is 0. The van der Waals surface area contributed by atoms with E-state index in [1.165, 1.54) is 17.3 Å². The molecule has 0 aliphatic carbocycles. The number of hydrogen-bond acceptors (Lipinski definition) is 3. The molecule has 0 unspecified atom stereocenters. The highest BCUT2D eigenvalue weighted by Gasteiger charge is 1.99. The molecule has 0 saturated heterocycles. The van der Waals surface area contributed by atoms with Crippen molar-refractivity contribution in [2.45, 2.75) is 5.33 Å². The van der Waals surface area contributed by atoms with Gasteiger partial charge in [-0.1, -0.05) is 40.2 Å². The summed E-state index contributed by atoms with van der Waals surface area (Å²) in [6.07, 6.45) is 1.79. The van der Waals surface area contributed by atoms with E-state index in [1.54, 1.807) is 6.20 Å².